The fourth-order valence-electron chi connectivity index (χ4n) is 3.90. The number of benzene rings is 2. The lowest BCUT2D eigenvalue weighted by Gasteiger charge is -2.31. The molecule has 9 heteroatoms. The molecule has 0 saturated carbocycles. The van der Waals surface area contributed by atoms with Crippen LogP contribution in [0.15, 0.2) is 41.2 Å². The van der Waals surface area contributed by atoms with Gasteiger partial charge < -0.3 is 24.4 Å². The normalized spacial score (nSPS) is 13.7. The number of amides is 1. The summed E-state index contributed by atoms with van der Waals surface area (Å²) in [6.45, 7) is 7.56. The summed E-state index contributed by atoms with van der Waals surface area (Å²) < 4.78 is 17.2. The topological polar surface area (TPSA) is 106 Å². The molecule has 1 aromatic heterocycles. The number of anilines is 2. The molecular formula is C24H28N4O5. The zero-order valence-corrected chi connectivity index (χ0v) is 18.8. The predicted octanol–water partition coefficient (Wildman–Crippen LogP) is 2.74. The molecule has 3 aromatic rings. The lowest BCUT2D eigenvalue weighted by atomic mass is 10.1. The number of carbonyl (C=O) groups excluding carboxylic acids is 1. The first kappa shape index (κ1) is 22.6. The average Bonchev–Trinajstić information content (AvgIpc) is 2.83. The molecule has 1 fully saturated rings. The summed E-state index contributed by atoms with van der Waals surface area (Å²) in [4.78, 5) is 27.2. The first-order chi connectivity index (χ1) is 16.1. The van der Waals surface area contributed by atoms with Gasteiger partial charge in [0.1, 0.15) is 11.5 Å². The molecule has 4 rings (SSSR count). The number of morpholine rings is 1. The SMILES string of the molecule is CCOc1cc(N2CCOCC2)c(OCC)cc1NC(=O)Cc1n[nH]c(=O)c2ccccc12. The van der Waals surface area contributed by atoms with Crippen LogP contribution in [0.1, 0.15) is 19.5 Å². The van der Waals surface area contributed by atoms with Gasteiger partial charge in [-0.1, -0.05) is 18.2 Å². The largest absolute Gasteiger partial charge is 0.492 e. The summed E-state index contributed by atoms with van der Waals surface area (Å²) in [5.74, 6) is 0.961. The van der Waals surface area contributed by atoms with E-state index in [1.807, 2.05) is 26.0 Å². The number of ether oxygens (including phenoxy) is 3. The van der Waals surface area contributed by atoms with Gasteiger partial charge in [0, 0.05) is 30.6 Å². The third kappa shape index (κ3) is 5.09. The molecule has 174 valence electrons. The molecule has 2 N–H and O–H groups in total. The van der Waals surface area contributed by atoms with E-state index in [1.165, 1.54) is 0 Å². The van der Waals surface area contributed by atoms with Crippen LogP contribution in [0.25, 0.3) is 10.8 Å². The van der Waals surface area contributed by atoms with E-state index in [4.69, 9.17) is 14.2 Å². The van der Waals surface area contributed by atoms with Crippen molar-refractivity contribution in [1.29, 1.82) is 0 Å². The zero-order chi connectivity index (χ0) is 23.2. The van der Waals surface area contributed by atoms with Gasteiger partial charge >= 0.3 is 0 Å². The van der Waals surface area contributed by atoms with E-state index in [9.17, 15) is 9.59 Å². The van der Waals surface area contributed by atoms with E-state index < -0.39 is 0 Å². The molecule has 2 aromatic carbocycles. The summed E-state index contributed by atoms with van der Waals surface area (Å²) in [7, 11) is 0. The van der Waals surface area contributed by atoms with Crippen molar-refractivity contribution < 1.29 is 19.0 Å². The first-order valence-electron chi connectivity index (χ1n) is 11.1. The maximum Gasteiger partial charge on any atom is 0.272 e. The highest BCUT2D eigenvalue weighted by atomic mass is 16.5. The fraction of sp³-hybridized carbons (Fsp3) is 0.375. The second-order valence-corrected chi connectivity index (χ2v) is 7.55. The predicted molar refractivity (Wildman–Crippen MR) is 127 cm³/mol. The summed E-state index contributed by atoms with van der Waals surface area (Å²) in [6, 6.07) is 10.8. The number of rotatable bonds is 8. The van der Waals surface area contributed by atoms with E-state index in [0.29, 0.717) is 60.1 Å². The smallest absolute Gasteiger partial charge is 0.272 e. The summed E-state index contributed by atoms with van der Waals surface area (Å²) in [5, 5.41) is 10.6. The molecule has 1 amide bonds. The molecule has 0 unspecified atom stereocenters. The Bertz CT molecular complexity index is 1190. The molecule has 0 atom stereocenters. The number of carbonyl (C=O) groups is 1. The van der Waals surface area contributed by atoms with Crippen LogP contribution in [0.5, 0.6) is 11.5 Å². The Labute approximate surface area is 191 Å². The summed E-state index contributed by atoms with van der Waals surface area (Å²) in [6.07, 6.45) is -0.00194. The van der Waals surface area contributed by atoms with Crippen LogP contribution in [0.3, 0.4) is 0 Å². The molecular weight excluding hydrogens is 424 g/mol. The number of H-pyrrole nitrogens is 1. The number of aromatic amines is 1. The Morgan fingerprint density at radius 1 is 1.09 bits per heavy atom. The summed E-state index contributed by atoms with van der Waals surface area (Å²) >= 11 is 0. The van der Waals surface area contributed by atoms with E-state index >= 15 is 0 Å². The van der Waals surface area contributed by atoms with E-state index in [2.05, 4.69) is 20.4 Å². The minimum absolute atomic E-state index is 0.00194. The van der Waals surface area contributed by atoms with Gasteiger partial charge in [0.15, 0.2) is 0 Å². The van der Waals surface area contributed by atoms with Gasteiger partial charge in [0.2, 0.25) is 5.91 Å². The number of fused-ring (bicyclic) bond motifs is 1. The molecule has 2 heterocycles. The van der Waals surface area contributed by atoms with Crippen LogP contribution in [-0.4, -0.2) is 55.6 Å². The Balaban J connectivity index is 1.62. The van der Waals surface area contributed by atoms with Crippen LogP contribution in [0.2, 0.25) is 0 Å². The van der Waals surface area contributed by atoms with Crippen molar-refractivity contribution >= 4 is 28.1 Å². The highest BCUT2D eigenvalue weighted by Gasteiger charge is 2.21. The standard InChI is InChI=1S/C24H28N4O5/c1-3-32-21-15-20(28-9-11-31-12-10-28)22(33-4-2)13-19(21)25-23(29)14-18-16-7-5-6-8-17(16)24(30)27-26-18/h5-8,13,15H,3-4,9-12,14H2,1-2H3,(H,25,29)(H,27,30). The van der Waals surface area contributed by atoms with Crippen LogP contribution < -0.4 is 25.2 Å². The number of nitrogens with one attached hydrogen (secondary N) is 2. The number of hydrogen-bond acceptors (Lipinski definition) is 7. The van der Waals surface area contributed by atoms with Crippen molar-refractivity contribution in [2.75, 3.05) is 49.7 Å². The highest BCUT2D eigenvalue weighted by molar-refractivity contribution is 5.97. The van der Waals surface area contributed by atoms with Crippen molar-refractivity contribution in [3.63, 3.8) is 0 Å². The minimum atomic E-state index is -0.284. The third-order valence-corrected chi connectivity index (χ3v) is 5.39. The molecule has 0 bridgehead atoms. The van der Waals surface area contributed by atoms with Gasteiger partial charge in [-0.3, -0.25) is 9.59 Å². The zero-order valence-electron chi connectivity index (χ0n) is 18.8. The van der Waals surface area contributed by atoms with E-state index in [1.54, 1.807) is 24.3 Å². The Hall–Kier alpha value is -3.59. The molecule has 0 radical (unpaired) electrons. The van der Waals surface area contributed by atoms with E-state index in [0.717, 1.165) is 18.8 Å². The first-order valence-corrected chi connectivity index (χ1v) is 11.1. The van der Waals surface area contributed by atoms with Crippen molar-refractivity contribution in [3.8, 4) is 11.5 Å². The Morgan fingerprint density at radius 2 is 1.79 bits per heavy atom. The number of nitrogens with zero attached hydrogens (tertiary/aromatic N) is 2. The van der Waals surface area contributed by atoms with Crippen molar-refractivity contribution in [3.05, 3.63) is 52.4 Å². The lowest BCUT2D eigenvalue weighted by Crippen LogP contribution is -2.36. The minimum Gasteiger partial charge on any atom is -0.492 e. The van der Waals surface area contributed by atoms with Gasteiger partial charge in [0.05, 0.1) is 55.3 Å². The van der Waals surface area contributed by atoms with Gasteiger partial charge in [-0.2, -0.15) is 5.10 Å². The molecule has 33 heavy (non-hydrogen) atoms. The third-order valence-electron chi connectivity index (χ3n) is 5.39. The lowest BCUT2D eigenvalue weighted by molar-refractivity contribution is -0.115. The van der Waals surface area contributed by atoms with Crippen molar-refractivity contribution in [1.82, 2.24) is 10.2 Å². The van der Waals surface area contributed by atoms with Gasteiger partial charge in [-0.05, 0) is 19.9 Å². The van der Waals surface area contributed by atoms with Crippen LogP contribution in [0, 0.1) is 0 Å². The Morgan fingerprint density at radius 3 is 2.52 bits per heavy atom. The van der Waals surface area contributed by atoms with Gasteiger partial charge in [0.25, 0.3) is 5.56 Å². The van der Waals surface area contributed by atoms with Crippen LogP contribution >= 0.6 is 0 Å². The molecule has 1 aliphatic rings. The maximum atomic E-state index is 13.0. The van der Waals surface area contributed by atoms with E-state index in [-0.39, 0.29) is 17.9 Å². The van der Waals surface area contributed by atoms with Gasteiger partial charge in [-0.15, -0.1) is 0 Å². The molecule has 0 aliphatic carbocycles. The second kappa shape index (κ2) is 10.4. The van der Waals surface area contributed by atoms with Gasteiger partial charge in [-0.25, -0.2) is 5.10 Å². The quantitative estimate of drug-likeness (QED) is 0.541. The fourth-order valence-corrected chi connectivity index (χ4v) is 3.90. The monoisotopic (exact) mass is 452 g/mol. The van der Waals surface area contributed by atoms with Crippen molar-refractivity contribution in [2.24, 2.45) is 0 Å². The second-order valence-electron chi connectivity index (χ2n) is 7.55. The molecule has 0 spiro atoms. The molecule has 1 saturated heterocycles. The highest BCUT2D eigenvalue weighted by Crippen LogP contribution is 2.39. The van der Waals surface area contributed by atoms with Crippen LogP contribution in [0.4, 0.5) is 11.4 Å². The van der Waals surface area contributed by atoms with Crippen molar-refractivity contribution in [2.45, 2.75) is 20.3 Å². The number of aromatic nitrogens is 2. The average molecular weight is 453 g/mol. The maximum absolute atomic E-state index is 13.0. The Kier molecular flexibility index (Phi) is 7.09. The summed E-state index contributed by atoms with van der Waals surface area (Å²) in [5.41, 5.74) is 1.65. The number of hydrogen-bond donors (Lipinski definition) is 2. The van der Waals surface area contributed by atoms with Crippen LogP contribution in [-0.2, 0) is 16.0 Å². The molecule has 1 aliphatic heterocycles. The molecule has 9 nitrogen and oxygen atoms in total.